The van der Waals surface area contributed by atoms with Crippen LogP contribution >= 0.6 is 0 Å². The Morgan fingerprint density at radius 1 is 1.07 bits per heavy atom. The van der Waals surface area contributed by atoms with E-state index in [2.05, 4.69) is 21.3 Å². The molecule has 1 unspecified atom stereocenters. The molecule has 1 aliphatic heterocycles. The minimum absolute atomic E-state index is 0.256. The zero-order chi connectivity index (χ0) is 21.2. The molecule has 1 fully saturated rings. The minimum Gasteiger partial charge on any atom is -0.343 e. The molecule has 0 bridgehead atoms. The highest BCUT2D eigenvalue weighted by Gasteiger charge is 2.43. The summed E-state index contributed by atoms with van der Waals surface area (Å²) in [4.78, 5) is 47.5. The van der Waals surface area contributed by atoms with Crippen LogP contribution in [0.5, 0.6) is 0 Å². The highest BCUT2D eigenvalue weighted by molar-refractivity contribution is 6.07. The number of rotatable bonds is 5. The number of imide groups is 1. The Balaban J connectivity index is 1.63. The summed E-state index contributed by atoms with van der Waals surface area (Å²) in [5.41, 5.74) is -0.770. The van der Waals surface area contributed by atoms with Crippen molar-refractivity contribution in [3.63, 3.8) is 0 Å². The van der Waals surface area contributed by atoms with E-state index in [1.165, 1.54) is 13.0 Å². The van der Waals surface area contributed by atoms with Gasteiger partial charge in [0, 0.05) is 17.3 Å². The molecular formula is C19H16F2N4O4. The second-order valence-electron chi connectivity index (χ2n) is 6.50. The smallest absolute Gasteiger partial charge is 0.322 e. The molecule has 0 saturated carbocycles. The van der Waals surface area contributed by atoms with Gasteiger partial charge in [0.1, 0.15) is 17.2 Å². The monoisotopic (exact) mass is 402 g/mol. The van der Waals surface area contributed by atoms with Crippen molar-refractivity contribution < 1.29 is 28.0 Å². The number of hydrogen-bond donors (Lipinski definition) is 4. The molecule has 150 valence electrons. The van der Waals surface area contributed by atoms with Gasteiger partial charge in [-0.05, 0) is 36.8 Å². The first-order valence-corrected chi connectivity index (χ1v) is 8.45. The SMILES string of the molecule is CC1(c2cccc(NC(=O)CNC(=O)c3cc(F)cc(F)c3)c2)NC(=O)NC1=O. The second-order valence-corrected chi connectivity index (χ2v) is 6.50. The van der Waals surface area contributed by atoms with Gasteiger partial charge in [-0.2, -0.15) is 0 Å². The van der Waals surface area contributed by atoms with Gasteiger partial charge in [-0.3, -0.25) is 19.7 Å². The van der Waals surface area contributed by atoms with Gasteiger partial charge in [0.25, 0.3) is 11.8 Å². The number of benzene rings is 2. The molecule has 8 nitrogen and oxygen atoms in total. The Morgan fingerprint density at radius 3 is 2.38 bits per heavy atom. The first-order valence-electron chi connectivity index (χ1n) is 8.45. The van der Waals surface area contributed by atoms with Crippen molar-refractivity contribution in [2.75, 3.05) is 11.9 Å². The van der Waals surface area contributed by atoms with Crippen LogP contribution in [0.3, 0.4) is 0 Å². The summed E-state index contributed by atoms with van der Waals surface area (Å²) in [5.74, 6) is -3.76. The predicted molar refractivity (Wildman–Crippen MR) is 97.8 cm³/mol. The first kappa shape index (κ1) is 19.9. The van der Waals surface area contributed by atoms with Gasteiger partial charge in [-0.15, -0.1) is 0 Å². The van der Waals surface area contributed by atoms with Crippen LogP contribution in [0.1, 0.15) is 22.8 Å². The zero-order valence-electron chi connectivity index (χ0n) is 15.1. The summed E-state index contributed by atoms with van der Waals surface area (Å²) in [6, 6.07) is 7.97. The molecule has 0 radical (unpaired) electrons. The molecular weight excluding hydrogens is 386 g/mol. The molecule has 1 saturated heterocycles. The third-order valence-corrected chi connectivity index (χ3v) is 4.30. The number of anilines is 1. The molecule has 2 aromatic rings. The number of hydrogen-bond acceptors (Lipinski definition) is 4. The molecule has 4 N–H and O–H groups in total. The predicted octanol–water partition coefficient (Wildman–Crippen LogP) is 1.39. The summed E-state index contributed by atoms with van der Waals surface area (Å²) in [5, 5.41) is 9.45. The molecule has 2 aromatic carbocycles. The van der Waals surface area contributed by atoms with Crippen LogP contribution in [-0.2, 0) is 15.1 Å². The zero-order valence-corrected chi connectivity index (χ0v) is 15.1. The van der Waals surface area contributed by atoms with E-state index in [0.29, 0.717) is 17.3 Å². The van der Waals surface area contributed by atoms with Gasteiger partial charge < -0.3 is 16.0 Å². The normalized spacial score (nSPS) is 18.0. The van der Waals surface area contributed by atoms with Crippen molar-refractivity contribution in [3.8, 4) is 0 Å². The lowest BCUT2D eigenvalue weighted by atomic mass is 9.92. The standard InChI is InChI=1S/C19H16F2N4O4/c1-19(17(28)24-18(29)25-19)11-3-2-4-14(7-11)23-15(26)9-22-16(27)10-5-12(20)8-13(21)6-10/h2-8H,9H2,1H3,(H,22,27)(H,23,26)(H2,24,25,28,29). The van der Waals surface area contributed by atoms with Crippen molar-refractivity contribution in [1.29, 1.82) is 0 Å². The number of amides is 5. The fourth-order valence-corrected chi connectivity index (χ4v) is 2.81. The van der Waals surface area contributed by atoms with E-state index in [-0.39, 0.29) is 5.56 Å². The summed E-state index contributed by atoms with van der Waals surface area (Å²) in [6.45, 7) is 1.07. The number of carbonyl (C=O) groups is 4. The van der Waals surface area contributed by atoms with Gasteiger partial charge >= 0.3 is 6.03 Å². The second kappa shape index (κ2) is 7.66. The summed E-state index contributed by atoms with van der Waals surface area (Å²) in [6.07, 6.45) is 0. The molecule has 0 spiro atoms. The topological polar surface area (TPSA) is 116 Å². The fraction of sp³-hybridized carbons (Fsp3) is 0.158. The summed E-state index contributed by atoms with van der Waals surface area (Å²) < 4.78 is 26.3. The average Bonchev–Trinajstić information content (AvgIpc) is 2.92. The average molecular weight is 402 g/mol. The molecule has 0 aliphatic carbocycles. The van der Waals surface area contributed by atoms with Gasteiger partial charge in [0.2, 0.25) is 5.91 Å². The quantitative estimate of drug-likeness (QED) is 0.566. The lowest BCUT2D eigenvalue weighted by Gasteiger charge is -2.21. The van der Waals surface area contributed by atoms with Crippen molar-refractivity contribution in [1.82, 2.24) is 16.0 Å². The van der Waals surface area contributed by atoms with Crippen molar-refractivity contribution in [3.05, 3.63) is 65.2 Å². The van der Waals surface area contributed by atoms with Crippen LogP contribution in [0.2, 0.25) is 0 Å². The van der Waals surface area contributed by atoms with Crippen LogP contribution in [-0.4, -0.2) is 30.3 Å². The molecule has 1 heterocycles. The Bertz CT molecular complexity index is 1010. The number of nitrogens with one attached hydrogen (secondary N) is 4. The van der Waals surface area contributed by atoms with Crippen LogP contribution in [0.15, 0.2) is 42.5 Å². The van der Waals surface area contributed by atoms with Gasteiger partial charge in [0.15, 0.2) is 0 Å². The third kappa shape index (κ3) is 4.37. The van der Waals surface area contributed by atoms with E-state index in [4.69, 9.17) is 0 Å². The molecule has 3 rings (SSSR count). The summed E-state index contributed by atoms with van der Waals surface area (Å²) >= 11 is 0. The maximum atomic E-state index is 13.2. The number of urea groups is 1. The Hall–Kier alpha value is -3.82. The maximum Gasteiger partial charge on any atom is 0.322 e. The minimum atomic E-state index is -1.28. The first-order chi connectivity index (χ1) is 13.7. The summed E-state index contributed by atoms with van der Waals surface area (Å²) in [7, 11) is 0. The Morgan fingerprint density at radius 2 is 1.76 bits per heavy atom. The van der Waals surface area contributed by atoms with E-state index >= 15 is 0 Å². The van der Waals surface area contributed by atoms with Crippen LogP contribution in [0, 0.1) is 11.6 Å². The van der Waals surface area contributed by atoms with E-state index in [9.17, 15) is 28.0 Å². The molecule has 0 aromatic heterocycles. The number of carbonyl (C=O) groups excluding carboxylic acids is 4. The van der Waals surface area contributed by atoms with Gasteiger partial charge in [0.05, 0.1) is 6.54 Å². The van der Waals surface area contributed by atoms with E-state index < -0.39 is 47.5 Å². The lowest BCUT2D eigenvalue weighted by molar-refractivity contribution is -0.123. The van der Waals surface area contributed by atoms with Crippen molar-refractivity contribution in [2.45, 2.75) is 12.5 Å². The van der Waals surface area contributed by atoms with Crippen LogP contribution in [0.25, 0.3) is 0 Å². The third-order valence-electron chi connectivity index (χ3n) is 4.30. The van der Waals surface area contributed by atoms with E-state index in [0.717, 1.165) is 12.1 Å². The molecule has 1 aliphatic rings. The van der Waals surface area contributed by atoms with Gasteiger partial charge in [-0.1, -0.05) is 12.1 Å². The maximum absolute atomic E-state index is 13.2. The van der Waals surface area contributed by atoms with E-state index in [1.54, 1.807) is 18.2 Å². The lowest BCUT2D eigenvalue weighted by Crippen LogP contribution is -2.40. The van der Waals surface area contributed by atoms with Crippen LogP contribution < -0.4 is 21.3 Å². The van der Waals surface area contributed by atoms with Crippen LogP contribution in [0.4, 0.5) is 19.3 Å². The van der Waals surface area contributed by atoms with Gasteiger partial charge in [-0.25, -0.2) is 13.6 Å². The van der Waals surface area contributed by atoms with E-state index in [1.807, 2.05) is 0 Å². The van der Waals surface area contributed by atoms with Crippen molar-refractivity contribution >= 4 is 29.4 Å². The molecule has 29 heavy (non-hydrogen) atoms. The Labute approximate surface area is 163 Å². The fourth-order valence-electron chi connectivity index (χ4n) is 2.81. The largest absolute Gasteiger partial charge is 0.343 e. The molecule has 5 amide bonds. The molecule has 1 atom stereocenters. The van der Waals surface area contributed by atoms with Crippen molar-refractivity contribution in [2.24, 2.45) is 0 Å². The number of halogens is 2. The highest BCUT2D eigenvalue weighted by Crippen LogP contribution is 2.26. The molecule has 10 heteroatoms. The highest BCUT2D eigenvalue weighted by atomic mass is 19.1. The Kier molecular flexibility index (Phi) is 5.26.